The van der Waals surface area contributed by atoms with Crippen LogP contribution < -0.4 is 0 Å². The van der Waals surface area contributed by atoms with Crippen molar-refractivity contribution >= 4 is 84.8 Å². The first-order chi connectivity index (χ1) is 28.3. The zero-order chi connectivity index (χ0) is 37.5. The summed E-state index contributed by atoms with van der Waals surface area (Å²) in [7, 11) is 0. The van der Waals surface area contributed by atoms with Crippen LogP contribution in [0.5, 0.6) is 0 Å². The van der Waals surface area contributed by atoms with Gasteiger partial charge in [-0.3, -0.25) is 0 Å². The van der Waals surface area contributed by atoms with E-state index in [2.05, 4.69) is 187 Å². The van der Waals surface area contributed by atoms with Crippen LogP contribution in [0.4, 0.5) is 0 Å². The van der Waals surface area contributed by atoms with E-state index in [1.54, 1.807) is 11.3 Å². The summed E-state index contributed by atoms with van der Waals surface area (Å²) in [6, 6.07) is 64.9. The number of para-hydroxylation sites is 2. The largest absolute Gasteiger partial charge is 0.308 e. The van der Waals surface area contributed by atoms with Crippen molar-refractivity contribution in [3.8, 4) is 51.0 Å². The van der Waals surface area contributed by atoms with Crippen molar-refractivity contribution < 1.29 is 0 Å². The van der Waals surface area contributed by atoms with E-state index < -0.39 is 0 Å². The highest BCUT2D eigenvalue weighted by Gasteiger charge is 2.22. The van der Waals surface area contributed by atoms with E-state index in [9.17, 15) is 0 Å². The summed E-state index contributed by atoms with van der Waals surface area (Å²) in [5.41, 5.74) is 8.56. The molecule has 266 valence electrons. The molecular weight excluding hydrogens is 733 g/mol. The van der Waals surface area contributed by atoms with Gasteiger partial charge in [0.25, 0.3) is 0 Å². The standard InChI is InChI=1S/C51H30N4S2/c1-2-14-31(15-3-1)33-20-13-25-43-47(33)37-18-4-8-23-41(37)55(43)42-24-9-5-19-38(42)50-52-49(32-28-29-46-40(30-32)35-17-7-10-26-44(35)56-46)53-51(54-50)39-22-12-21-36-34-16-6-11-27-45(34)57-48(36)39/h1-30H. The summed E-state index contributed by atoms with van der Waals surface area (Å²) >= 11 is 3.61. The number of thiophene rings is 2. The first-order valence-corrected chi connectivity index (χ1v) is 20.7. The number of hydrogen-bond donors (Lipinski definition) is 0. The number of rotatable bonds is 5. The second-order valence-corrected chi connectivity index (χ2v) is 16.5. The fraction of sp³-hybridized carbons (Fsp3) is 0. The molecule has 0 unspecified atom stereocenters. The fourth-order valence-corrected chi connectivity index (χ4v) is 10.8. The number of benzene rings is 8. The summed E-state index contributed by atoms with van der Waals surface area (Å²) in [6.45, 7) is 0. The minimum atomic E-state index is 0.629. The van der Waals surface area contributed by atoms with E-state index in [0.29, 0.717) is 17.5 Å². The molecule has 12 aromatic rings. The summed E-state index contributed by atoms with van der Waals surface area (Å²) < 4.78 is 7.32. The van der Waals surface area contributed by atoms with Gasteiger partial charge >= 0.3 is 0 Å². The van der Waals surface area contributed by atoms with Crippen molar-refractivity contribution in [1.29, 1.82) is 0 Å². The highest BCUT2D eigenvalue weighted by molar-refractivity contribution is 7.26. The van der Waals surface area contributed by atoms with Gasteiger partial charge < -0.3 is 4.57 Å². The Kier molecular flexibility index (Phi) is 7.24. The summed E-state index contributed by atoms with van der Waals surface area (Å²) in [5, 5.41) is 7.34. The van der Waals surface area contributed by atoms with Crippen LogP contribution in [-0.4, -0.2) is 19.5 Å². The van der Waals surface area contributed by atoms with Crippen LogP contribution in [0.15, 0.2) is 182 Å². The zero-order valence-electron chi connectivity index (χ0n) is 30.4. The molecular formula is C51H30N4S2. The Bertz CT molecular complexity index is 3540. The van der Waals surface area contributed by atoms with Gasteiger partial charge in [-0.1, -0.05) is 121 Å². The van der Waals surface area contributed by atoms with E-state index in [-0.39, 0.29) is 0 Å². The highest BCUT2D eigenvalue weighted by Crippen LogP contribution is 2.43. The first kappa shape index (κ1) is 32.3. The van der Waals surface area contributed by atoms with Gasteiger partial charge in [0.1, 0.15) is 0 Å². The van der Waals surface area contributed by atoms with Gasteiger partial charge in [0.05, 0.1) is 16.7 Å². The Morgan fingerprint density at radius 2 is 0.930 bits per heavy atom. The molecule has 4 aromatic heterocycles. The molecule has 6 heteroatoms. The van der Waals surface area contributed by atoms with Crippen molar-refractivity contribution in [2.45, 2.75) is 0 Å². The second kappa shape index (κ2) is 12.8. The van der Waals surface area contributed by atoms with Gasteiger partial charge in [0.2, 0.25) is 0 Å². The van der Waals surface area contributed by atoms with Crippen LogP contribution in [-0.2, 0) is 0 Å². The molecule has 0 radical (unpaired) electrons. The maximum atomic E-state index is 5.39. The monoisotopic (exact) mass is 762 g/mol. The van der Waals surface area contributed by atoms with E-state index in [1.165, 1.54) is 62.2 Å². The van der Waals surface area contributed by atoms with Gasteiger partial charge in [-0.25, -0.2) is 15.0 Å². The molecule has 57 heavy (non-hydrogen) atoms. The Labute approximate surface area is 335 Å². The third kappa shape index (κ3) is 5.08. The molecule has 12 rings (SSSR count). The van der Waals surface area contributed by atoms with Crippen LogP contribution in [0.2, 0.25) is 0 Å². The van der Waals surface area contributed by atoms with Crippen molar-refractivity contribution in [1.82, 2.24) is 19.5 Å². The second-order valence-electron chi connectivity index (χ2n) is 14.3. The van der Waals surface area contributed by atoms with E-state index >= 15 is 0 Å². The predicted octanol–water partition coefficient (Wildman–Crippen LogP) is 14.4. The maximum absolute atomic E-state index is 5.39. The summed E-state index contributed by atoms with van der Waals surface area (Å²) in [5.74, 6) is 1.93. The minimum absolute atomic E-state index is 0.629. The lowest BCUT2D eigenvalue weighted by molar-refractivity contribution is 1.07. The molecule has 0 spiro atoms. The molecule has 0 aliphatic rings. The normalized spacial score (nSPS) is 11.9. The molecule has 0 aliphatic carbocycles. The summed E-state index contributed by atoms with van der Waals surface area (Å²) in [4.78, 5) is 16.1. The molecule has 0 bridgehead atoms. The quantitative estimate of drug-likeness (QED) is 0.175. The van der Waals surface area contributed by atoms with Crippen molar-refractivity contribution in [3.63, 3.8) is 0 Å². The highest BCUT2D eigenvalue weighted by atomic mass is 32.1. The fourth-order valence-electron chi connectivity index (χ4n) is 8.53. The first-order valence-electron chi connectivity index (χ1n) is 19.0. The van der Waals surface area contributed by atoms with Crippen molar-refractivity contribution in [3.05, 3.63) is 182 Å². The van der Waals surface area contributed by atoms with Crippen molar-refractivity contribution in [2.24, 2.45) is 0 Å². The van der Waals surface area contributed by atoms with Crippen molar-refractivity contribution in [2.75, 3.05) is 0 Å². The Morgan fingerprint density at radius 3 is 1.79 bits per heavy atom. The molecule has 8 aromatic carbocycles. The lowest BCUT2D eigenvalue weighted by Crippen LogP contribution is -2.03. The molecule has 0 N–H and O–H groups in total. The van der Waals surface area contributed by atoms with Gasteiger partial charge in [-0.2, -0.15) is 0 Å². The summed E-state index contributed by atoms with van der Waals surface area (Å²) in [6.07, 6.45) is 0. The minimum Gasteiger partial charge on any atom is -0.308 e. The molecule has 4 heterocycles. The Balaban J connectivity index is 1.13. The molecule has 0 saturated carbocycles. The smallest absolute Gasteiger partial charge is 0.166 e. The molecule has 0 aliphatic heterocycles. The average molecular weight is 763 g/mol. The van der Waals surface area contributed by atoms with Gasteiger partial charge in [0, 0.05) is 67.8 Å². The van der Waals surface area contributed by atoms with Crippen LogP contribution in [0.1, 0.15) is 0 Å². The van der Waals surface area contributed by atoms with E-state index in [4.69, 9.17) is 15.0 Å². The zero-order valence-corrected chi connectivity index (χ0v) is 32.1. The lowest BCUT2D eigenvalue weighted by Gasteiger charge is -2.15. The van der Waals surface area contributed by atoms with Crippen LogP contribution in [0, 0.1) is 0 Å². The number of hydrogen-bond acceptors (Lipinski definition) is 5. The Morgan fingerprint density at radius 1 is 0.351 bits per heavy atom. The van der Waals surface area contributed by atoms with E-state index in [1.807, 2.05) is 11.3 Å². The van der Waals surface area contributed by atoms with Crippen LogP contribution in [0.3, 0.4) is 0 Å². The molecule has 4 nitrogen and oxygen atoms in total. The van der Waals surface area contributed by atoms with Crippen LogP contribution in [0.25, 0.3) is 113 Å². The van der Waals surface area contributed by atoms with Gasteiger partial charge in [-0.15, -0.1) is 22.7 Å². The predicted molar refractivity (Wildman–Crippen MR) is 242 cm³/mol. The van der Waals surface area contributed by atoms with E-state index in [0.717, 1.165) is 33.4 Å². The molecule has 0 saturated heterocycles. The number of fused-ring (bicyclic) bond motifs is 9. The van der Waals surface area contributed by atoms with Gasteiger partial charge in [0.15, 0.2) is 17.5 Å². The SMILES string of the molecule is c1ccc(-c2cccc3c2c2ccccc2n3-c2ccccc2-c2nc(-c3ccc4sc5ccccc5c4c3)nc(-c3cccc4c3sc3ccccc34)n2)cc1. The molecule has 0 fully saturated rings. The third-order valence-electron chi connectivity index (χ3n) is 11.1. The molecule has 0 atom stereocenters. The number of aromatic nitrogens is 4. The maximum Gasteiger partial charge on any atom is 0.166 e. The third-order valence-corrected chi connectivity index (χ3v) is 13.5. The van der Waals surface area contributed by atoms with Gasteiger partial charge in [-0.05, 0) is 71.8 Å². The molecule has 0 amide bonds. The number of nitrogens with zero attached hydrogens (tertiary/aromatic N) is 4. The average Bonchev–Trinajstić information content (AvgIpc) is 3.96. The Hall–Kier alpha value is -6.99. The topological polar surface area (TPSA) is 43.6 Å². The van der Waals surface area contributed by atoms with Crippen LogP contribution >= 0.6 is 22.7 Å². The lowest BCUT2D eigenvalue weighted by atomic mass is 9.99.